The summed E-state index contributed by atoms with van der Waals surface area (Å²) in [5.74, 6) is 0. The van der Waals surface area contributed by atoms with Gasteiger partial charge in [0.1, 0.15) is 0 Å². The van der Waals surface area contributed by atoms with Gasteiger partial charge in [-0.1, -0.05) is 29.4 Å². The summed E-state index contributed by atoms with van der Waals surface area (Å²) in [6.45, 7) is 0. The highest BCUT2D eigenvalue weighted by atomic mass is 16.4. The molecule has 0 radical (unpaired) electrons. The van der Waals surface area contributed by atoms with E-state index in [0.717, 1.165) is 24.1 Å². The number of hydrogen-bond acceptors (Lipinski definition) is 2. The van der Waals surface area contributed by atoms with Crippen molar-refractivity contribution in [2.24, 2.45) is 5.16 Å². The average molecular weight is 147 g/mol. The highest BCUT2D eigenvalue weighted by Crippen LogP contribution is 2.21. The van der Waals surface area contributed by atoms with Crippen LogP contribution < -0.4 is 0 Å². The Balaban J connectivity index is 2.55. The molecule has 0 heterocycles. The fraction of sp³-hybridized carbons (Fsp3) is 0.222. The van der Waals surface area contributed by atoms with Crippen LogP contribution in [0.25, 0.3) is 0 Å². The highest BCUT2D eigenvalue weighted by Gasteiger charge is 2.16. The third kappa shape index (κ3) is 0.909. The monoisotopic (exact) mass is 147 g/mol. The Kier molecular flexibility index (Phi) is 1.39. The lowest BCUT2D eigenvalue weighted by Crippen LogP contribution is -1.92. The van der Waals surface area contributed by atoms with Gasteiger partial charge < -0.3 is 5.21 Å². The molecular weight excluding hydrogens is 138 g/mol. The molecular formula is C9H9NO. The summed E-state index contributed by atoms with van der Waals surface area (Å²) in [5.41, 5.74) is 3.22. The van der Waals surface area contributed by atoms with Crippen LogP contribution in [-0.2, 0) is 6.42 Å². The minimum Gasteiger partial charge on any atom is -0.411 e. The largest absolute Gasteiger partial charge is 0.411 e. The van der Waals surface area contributed by atoms with Gasteiger partial charge in [-0.15, -0.1) is 0 Å². The second-order valence-electron chi connectivity index (χ2n) is 2.70. The summed E-state index contributed by atoms with van der Waals surface area (Å²) in [4.78, 5) is 0. The van der Waals surface area contributed by atoms with Crippen molar-refractivity contribution in [1.82, 2.24) is 0 Å². The molecule has 0 atom stereocenters. The van der Waals surface area contributed by atoms with E-state index < -0.39 is 0 Å². The third-order valence-corrected chi connectivity index (χ3v) is 2.08. The van der Waals surface area contributed by atoms with Gasteiger partial charge in [0.25, 0.3) is 0 Å². The first kappa shape index (κ1) is 6.40. The van der Waals surface area contributed by atoms with E-state index in [0.29, 0.717) is 0 Å². The number of oxime groups is 1. The molecule has 1 aromatic carbocycles. The van der Waals surface area contributed by atoms with Crippen LogP contribution in [-0.4, -0.2) is 10.9 Å². The summed E-state index contributed by atoms with van der Waals surface area (Å²) < 4.78 is 0. The second kappa shape index (κ2) is 2.38. The van der Waals surface area contributed by atoms with Gasteiger partial charge in [-0.25, -0.2) is 0 Å². The van der Waals surface area contributed by atoms with E-state index >= 15 is 0 Å². The molecule has 1 aromatic rings. The van der Waals surface area contributed by atoms with E-state index in [-0.39, 0.29) is 0 Å². The Morgan fingerprint density at radius 1 is 1.18 bits per heavy atom. The number of nitrogens with zero attached hydrogens (tertiary/aromatic N) is 1. The van der Waals surface area contributed by atoms with Crippen molar-refractivity contribution < 1.29 is 5.21 Å². The van der Waals surface area contributed by atoms with E-state index in [2.05, 4.69) is 11.2 Å². The zero-order chi connectivity index (χ0) is 7.68. The molecule has 0 saturated heterocycles. The molecule has 56 valence electrons. The van der Waals surface area contributed by atoms with Crippen LogP contribution in [0.1, 0.15) is 17.5 Å². The molecule has 2 rings (SSSR count). The van der Waals surface area contributed by atoms with E-state index in [1.165, 1.54) is 5.56 Å². The van der Waals surface area contributed by atoms with Crippen molar-refractivity contribution >= 4 is 5.71 Å². The number of aryl methyl sites for hydroxylation is 1. The van der Waals surface area contributed by atoms with E-state index in [1.807, 2.05) is 18.2 Å². The maximum atomic E-state index is 8.60. The molecule has 2 heteroatoms. The van der Waals surface area contributed by atoms with Gasteiger partial charge in [0, 0.05) is 5.56 Å². The number of rotatable bonds is 0. The van der Waals surface area contributed by atoms with Crippen LogP contribution in [0.3, 0.4) is 0 Å². The van der Waals surface area contributed by atoms with Gasteiger partial charge in [-0.2, -0.15) is 0 Å². The van der Waals surface area contributed by atoms with Crippen molar-refractivity contribution in [2.75, 3.05) is 0 Å². The first-order chi connectivity index (χ1) is 5.42. The zero-order valence-electron chi connectivity index (χ0n) is 6.12. The molecule has 0 amide bonds. The third-order valence-electron chi connectivity index (χ3n) is 2.08. The Morgan fingerprint density at radius 2 is 2.00 bits per heavy atom. The van der Waals surface area contributed by atoms with Crippen molar-refractivity contribution in [3.63, 3.8) is 0 Å². The van der Waals surface area contributed by atoms with Gasteiger partial charge in [-0.3, -0.25) is 0 Å². The standard InChI is InChI=1S/C9H9NO/c11-10-9-6-5-7-3-1-2-4-8(7)9/h1-4,11H,5-6H2/b10-9+. The maximum absolute atomic E-state index is 8.60. The van der Waals surface area contributed by atoms with E-state index in [4.69, 9.17) is 5.21 Å². The van der Waals surface area contributed by atoms with Gasteiger partial charge in [0.2, 0.25) is 0 Å². The minimum absolute atomic E-state index is 0.820. The summed E-state index contributed by atoms with van der Waals surface area (Å²) in [6, 6.07) is 8.05. The lowest BCUT2D eigenvalue weighted by Gasteiger charge is -1.94. The topological polar surface area (TPSA) is 32.6 Å². The van der Waals surface area contributed by atoms with Gasteiger partial charge in [0.15, 0.2) is 0 Å². The molecule has 0 fully saturated rings. The normalized spacial score (nSPS) is 18.7. The van der Waals surface area contributed by atoms with Crippen LogP contribution in [0.15, 0.2) is 29.4 Å². The Bertz CT molecular complexity index is 304. The first-order valence-corrected chi connectivity index (χ1v) is 3.71. The van der Waals surface area contributed by atoms with Crippen LogP contribution >= 0.6 is 0 Å². The van der Waals surface area contributed by atoms with Crippen LogP contribution in [0.5, 0.6) is 0 Å². The first-order valence-electron chi connectivity index (χ1n) is 3.71. The van der Waals surface area contributed by atoms with E-state index in [9.17, 15) is 0 Å². The predicted molar refractivity (Wildman–Crippen MR) is 43.1 cm³/mol. The molecule has 2 nitrogen and oxygen atoms in total. The SMILES string of the molecule is O/N=C1\CCc2ccccc21. The molecule has 11 heavy (non-hydrogen) atoms. The summed E-state index contributed by atoms with van der Waals surface area (Å²) in [6.07, 6.45) is 1.88. The Morgan fingerprint density at radius 3 is 2.82 bits per heavy atom. The summed E-state index contributed by atoms with van der Waals surface area (Å²) >= 11 is 0. The average Bonchev–Trinajstić information content (AvgIpc) is 2.47. The molecule has 1 N–H and O–H groups in total. The molecule has 0 aromatic heterocycles. The zero-order valence-corrected chi connectivity index (χ0v) is 6.12. The van der Waals surface area contributed by atoms with Gasteiger partial charge in [-0.05, 0) is 18.4 Å². The van der Waals surface area contributed by atoms with Crippen molar-refractivity contribution in [3.05, 3.63) is 35.4 Å². The quantitative estimate of drug-likeness (QED) is 0.440. The lowest BCUT2D eigenvalue weighted by molar-refractivity contribution is 0.318. The van der Waals surface area contributed by atoms with Crippen molar-refractivity contribution in [2.45, 2.75) is 12.8 Å². The molecule has 0 aliphatic heterocycles. The number of fused-ring (bicyclic) bond motifs is 1. The molecule has 1 aliphatic rings. The van der Waals surface area contributed by atoms with Crippen LogP contribution in [0.4, 0.5) is 0 Å². The fourth-order valence-electron chi connectivity index (χ4n) is 1.51. The van der Waals surface area contributed by atoms with Gasteiger partial charge in [0.05, 0.1) is 5.71 Å². The molecule has 0 saturated carbocycles. The van der Waals surface area contributed by atoms with Crippen LogP contribution in [0, 0.1) is 0 Å². The Hall–Kier alpha value is -1.31. The summed E-state index contributed by atoms with van der Waals surface area (Å²) in [5, 5.41) is 11.8. The number of hydrogen-bond donors (Lipinski definition) is 1. The fourth-order valence-corrected chi connectivity index (χ4v) is 1.51. The van der Waals surface area contributed by atoms with Crippen molar-refractivity contribution in [1.29, 1.82) is 0 Å². The lowest BCUT2D eigenvalue weighted by atomic mass is 10.1. The molecule has 0 unspecified atom stereocenters. The Labute approximate surface area is 65.2 Å². The number of benzene rings is 1. The van der Waals surface area contributed by atoms with Gasteiger partial charge >= 0.3 is 0 Å². The maximum Gasteiger partial charge on any atom is 0.0873 e. The smallest absolute Gasteiger partial charge is 0.0873 e. The minimum atomic E-state index is 0.820. The molecule has 0 bridgehead atoms. The van der Waals surface area contributed by atoms with E-state index in [1.54, 1.807) is 0 Å². The molecule has 0 spiro atoms. The summed E-state index contributed by atoms with van der Waals surface area (Å²) in [7, 11) is 0. The van der Waals surface area contributed by atoms with Crippen molar-refractivity contribution in [3.8, 4) is 0 Å². The molecule has 1 aliphatic carbocycles. The predicted octanol–water partition coefficient (Wildman–Crippen LogP) is 1.81. The second-order valence-corrected chi connectivity index (χ2v) is 2.70. The highest BCUT2D eigenvalue weighted by molar-refractivity contribution is 6.04. The van der Waals surface area contributed by atoms with Crippen LogP contribution in [0.2, 0.25) is 0 Å².